The minimum atomic E-state index is 0.335. The van der Waals surface area contributed by atoms with E-state index >= 15 is 0 Å². The third kappa shape index (κ3) is 3.60. The summed E-state index contributed by atoms with van der Waals surface area (Å²) in [4.78, 5) is 4.92. The highest BCUT2D eigenvalue weighted by Crippen LogP contribution is 2.26. The second kappa shape index (κ2) is 6.70. The number of nitrogens with two attached hydrogens (primary N) is 1. The second-order valence-electron chi connectivity index (χ2n) is 6.37. The maximum atomic E-state index is 6.09. The third-order valence-electron chi connectivity index (χ3n) is 4.61. The van der Waals surface area contributed by atoms with E-state index in [9.17, 15) is 0 Å². The summed E-state index contributed by atoms with van der Waals surface area (Å²) in [7, 11) is 4.45. The van der Waals surface area contributed by atoms with Crippen LogP contribution in [0.15, 0.2) is 18.2 Å². The monoisotopic (exact) mass is 275 g/mol. The highest BCUT2D eigenvalue weighted by atomic mass is 15.2. The molecule has 1 aliphatic rings. The number of likely N-dealkylation sites (N-methyl/N-ethyl adjacent to an activating group) is 1. The van der Waals surface area contributed by atoms with E-state index in [0.717, 1.165) is 0 Å². The lowest BCUT2D eigenvalue weighted by molar-refractivity contribution is 0.109. The lowest BCUT2D eigenvalue weighted by atomic mass is 9.96. The van der Waals surface area contributed by atoms with Crippen LogP contribution in [0.5, 0.6) is 0 Å². The lowest BCUT2D eigenvalue weighted by Crippen LogP contribution is -2.45. The van der Waals surface area contributed by atoms with Crippen LogP contribution in [-0.2, 0) is 0 Å². The smallest absolute Gasteiger partial charge is 0.0470 e. The molecule has 1 atom stereocenters. The first-order valence-electron chi connectivity index (χ1n) is 7.70. The van der Waals surface area contributed by atoms with E-state index < -0.39 is 0 Å². The molecule has 0 spiro atoms. The normalized spacial score (nSPS) is 19.5. The van der Waals surface area contributed by atoms with Crippen LogP contribution in [0, 0.1) is 13.8 Å². The Morgan fingerprint density at radius 3 is 2.25 bits per heavy atom. The van der Waals surface area contributed by atoms with Gasteiger partial charge in [-0.05, 0) is 59.4 Å². The molecule has 1 aliphatic heterocycles. The zero-order valence-corrected chi connectivity index (χ0v) is 13.4. The van der Waals surface area contributed by atoms with Crippen molar-refractivity contribution in [3.8, 4) is 0 Å². The van der Waals surface area contributed by atoms with Gasteiger partial charge in [0, 0.05) is 18.6 Å². The number of nitrogens with zero attached hydrogens (tertiary/aromatic N) is 2. The predicted octanol–water partition coefficient (Wildman–Crippen LogP) is 2.33. The largest absolute Gasteiger partial charge is 0.329 e. The van der Waals surface area contributed by atoms with Crippen molar-refractivity contribution in [1.82, 2.24) is 9.80 Å². The minimum Gasteiger partial charge on any atom is -0.329 e. The number of rotatable bonds is 4. The van der Waals surface area contributed by atoms with E-state index in [1.165, 1.54) is 42.6 Å². The van der Waals surface area contributed by atoms with Crippen LogP contribution in [0.25, 0.3) is 0 Å². The van der Waals surface area contributed by atoms with Gasteiger partial charge in [-0.3, -0.25) is 4.90 Å². The van der Waals surface area contributed by atoms with Gasteiger partial charge in [0.25, 0.3) is 0 Å². The average molecular weight is 275 g/mol. The highest BCUT2D eigenvalue weighted by molar-refractivity contribution is 5.31. The molecule has 0 radical (unpaired) electrons. The molecule has 1 unspecified atom stereocenters. The van der Waals surface area contributed by atoms with E-state index in [1.807, 2.05) is 0 Å². The predicted molar refractivity (Wildman–Crippen MR) is 86.0 cm³/mol. The Balaban J connectivity index is 2.14. The highest BCUT2D eigenvalue weighted by Gasteiger charge is 2.26. The fourth-order valence-electron chi connectivity index (χ4n) is 3.40. The second-order valence-corrected chi connectivity index (χ2v) is 6.37. The minimum absolute atomic E-state index is 0.335. The first-order chi connectivity index (χ1) is 9.51. The van der Waals surface area contributed by atoms with Crippen LogP contribution in [-0.4, -0.2) is 49.6 Å². The molecule has 0 bridgehead atoms. The Morgan fingerprint density at radius 2 is 1.75 bits per heavy atom. The van der Waals surface area contributed by atoms with Gasteiger partial charge in [0.15, 0.2) is 0 Å². The number of hydrogen-bond donors (Lipinski definition) is 1. The zero-order valence-electron chi connectivity index (χ0n) is 13.4. The first kappa shape index (κ1) is 15.5. The first-order valence-corrected chi connectivity index (χ1v) is 7.70. The Bertz CT molecular complexity index is 416. The number of benzene rings is 1. The van der Waals surface area contributed by atoms with Crippen LogP contribution in [0.1, 0.15) is 35.6 Å². The molecule has 3 nitrogen and oxygen atoms in total. The third-order valence-corrected chi connectivity index (χ3v) is 4.61. The van der Waals surface area contributed by atoms with Crippen LogP contribution in [0.3, 0.4) is 0 Å². The van der Waals surface area contributed by atoms with Gasteiger partial charge >= 0.3 is 0 Å². The summed E-state index contributed by atoms with van der Waals surface area (Å²) in [5, 5.41) is 0. The van der Waals surface area contributed by atoms with Crippen molar-refractivity contribution in [1.29, 1.82) is 0 Å². The number of aryl methyl sites for hydroxylation is 2. The number of likely N-dealkylation sites (tertiary alicyclic amines) is 1. The van der Waals surface area contributed by atoms with Crippen molar-refractivity contribution in [3.05, 3.63) is 34.9 Å². The molecule has 0 amide bonds. The van der Waals surface area contributed by atoms with Crippen LogP contribution >= 0.6 is 0 Å². The Hall–Kier alpha value is -0.900. The molecule has 3 heteroatoms. The summed E-state index contributed by atoms with van der Waals surface area (Å²) >= 11 is 0. The van der Waals surface area contributed by atoms with Gasteiger partial charge in [-0.1, -0.05) is 29.3 Å². The van der Waals surface area contributed by atoms with E-state index in [4.69, 9.17) is 5.73 Å². The molecule has 2 rings (SSSR count). The van der Waals surface area contributed by atoms with E-state index in [-0.39, 0.29) is 0 Å². The van der Waals surface area contributed by atoms with Crippen LogP contribution in [0.2, 0.25) is 0 Å². The van der Waals surface area contributed by atoms with Crippen molar-refractivity contribution in [2.24, 2.45) is 5.73 Å². The molecule has 1 aromatic rings. The lowest BCUT2D eigenvalue weighted by Gasteiger charge is -2.39. The molecule has 1 heterocycles. The van der Waals surface area contributed by atoms with Crippen LogP contribution < -0.4 is 5.73 Å². The fraction of sp³-hybridized carbons (Fsp3) is 0.647. The van der Waals surface area contributed by atoms with Crippen molar-refractivity contribution >= 4 is 0 Å². The molecule has 20 heavy (non-hydrogen) atoms. The average Bonchev–Trinajstić information content (AvgIpc) is 2.39. The summed E-state index contributed by atoms with van der Waals surface area (Å²) < 4.78 is 0. The maximum Gasteiger partial charge on any atom is 0.0470 e. The van der Waals surface area contributed by atoms with Gasteiger partial charge < -0.3 is 10.6 Å². The van der Waals surface area contributed by atoms with Crippen molar-refractivity contribution < 1.29 is 0 Å². The Kier molecular flexibility index (Phi) is 5.19. The Labute approximate surface area is 123 Å². The summed E-state index contributed by atoms with van der Waals surface area (Å²) in [6, 6.07) is 7.79. The van der Waals surface area contributed by atoms with Crippen molar-refractivity contribution in [3.63, 3.8) is 0 Å². The van der Waals surface area contributed by atoms with E-state index in [2.05, 4.69) is 55.9 Å². The van der Waals surface area contributed by atoms with Gasteiger partial charge in [-0.15, -0.1) is 0 Å². The quantitative estimate of drug-likeness (QED) is 0.915. The number of hydrogen-bond acceptors (Lipinski definition) is 3. The fourth-order valence-corrected chi connectivity index (χ4v) is 3.40. The molecule has 1 aromatic carbocycles. The summed E-state index contributed by atoms with van der Waals surface area (Å²) in [5.41, 5.74) is 10.1. The van der Waals surface area contributed by atoms with E-state index in [1.54, 1.807) is 0 Å². The molecule has 0 aliphatic carbocycles. The van der Waals surface area contributed by atoms with Gasteiger partial charge in [0.2, 0.25) is 0 Å². The SMILES string of the molecule is Cc1cc(C)cc(C(CN)N(C)C2CCN(C)CC2)c1. The maximum absolute atomic E-state index is 6.09. The topological polar surface area (TPSA) is 32.5 Å². The molecule has 1 saturated heterocycles. The van der Waals surface area contributed by atoms with Gasteiger partial charge in [-0.25, -0.2) is 0 Å². The van der Waals surface area contributed by atoms with Gasteiger partial charge in [-0.2, -0.15) is 0 Å². The van der Waals surface area contributed by atoms with E-state index in [0.29, 0.717) is 18.6 Å². The van der Waals surface area contributed by atoms with Gasteiger partial charge in [0.1, 0.15) is 0 Å². The van der Waals surface area contributed by atoms with Crippen molar-refractivity contribution in [2.75, 3.05) is 33.7 Å². The molecule has 0 aromatic heterocycles. The number of piperidine rings is 1. The molecule has 2 N–H and O–H groups in total. The standard InChI is InChI=1S/C17H29N3/c1-13-9-14(2)11-15(10-13)17(12-18)20(4)16-5-7-19(3)8-6-16/h9-11,16-17H,5-8,12,18H2,1-4H3. The summed E-state index contributed by atoms with van der Waals surface area (Å²) in [6.45, 7) is 7.41. The molecular formula is C17H29N3. The van der Waals surface area contributed by atoms with Crippen molar-refractivity contribution in [2.45, 2.75) is 38.8 Å². The summed E-state index contributed by atoms with van der Waals surface area (Å²) in [6.07, 6.45) is 2.49. The summed E-state index contributed by atoms with van der Waals surface area (Å²) in [5.74, 6) is 0. The zero-order chi connectivity index (χ0) is 14.7. The van der Waals surface area contributed by atoms with Crippen LogP contribution in [0.4, 0.5) is 0 Å². The molecule has 112 valence electrons. The Morgan fingerprint density at radius 1 is 1.20 bits per heavy atom. The van der Waals surface area contributed by atoms with Gasteiger partial charge in [0.05, 0.1) is 0 Å². The molecule has 0 saturated carbocycles. The molecule has 1 fully saturated rings. The molecular weight excluding hydrogens is 246 g/mol.